The maximum Gasteiger partial charge on any atom is 0.121 e. The second-order valence-electron chi connectivity index (χ2n) is 5.13. The minimum atomic E-state index is 0.0325. The Hall–Kier alpha value is -1.23. The van der Waals surface area contributed by atoms with Gasteiger partial charge in [-0.3, -0.25) is 5.10 Å². The van der Waals surface area contributed by atoms with E-state index >= 15 is 0 Å². The van der Waals surface area contributed by atoms with E-state index in [1.165, 1.54) is 0 Å². The number of nitrogens with one attached hydrogen (secondary N) is 2. The molecule has 1 aliphatic heterocycles. The molecule has 1 fully saturated rings. The number of aromatic hydroxyl groups is 1. The average molecular weight is 312 g/mol. The van der Waals surface area contributed by atoms with E-state index in [0.717, 1.165) is 25.1 Å². The predicted octanol–water partition coefficient (Wildman–Crippen LogP) is 3.32. The topological polar surface area (TPSA) is 60.9 Å². The van der Waals surface area contributed by atoms with Crippen LogP contribution in [0.3, 0.4) is 0 Å². The molecule has 106 valence electrons. The van der Waals surface area contributed by atoms with Crippen molar-refractivity contribution in [2.24, 2.45) is 5.92 Å². The zero-order valence-electron chi connectivity index (χ0n) is 10.7. The van der Waals surface area contributed by atoms with Gasteiger partial charge in [0.25, 0.3) is 0 Å². The Morgan fingerprint density at radius 3 is 2.90 bits per heavy atom. The zero-order valence-corrected chi connectivity index (χ0v) is 12.2. The van der Waals surface area contributed by atoms with E-state index in [4.69, 9.17) is 23.2 Å². The van der Waals surface area contributed by atoms with Crippen LogP contribution in [0, 0.1) is 5.92 Å². The molecule has 0 aliphatic carbocycles. The maximum atomic E-state index is 10.0. The summed E-state index contributed by atoms with van der Waals surface area (Å²) in [4.78, 5) is 0. The van der Waals surface area contributed by atoms with E-state index in [9.17, 15) is 5.11 Å². The molecule has 3 N–H and O–H groups in total. The number of halogens is 2. The van der Waals surface area contributed by atoms with Gasteiger partial charge in [-0.1, -0.05) is 23.2 Å². The fourth-order valence-electron chi connectivity index (χ4n) is 2.77. The van der Waals surface area contributed by atoms with Gasteiger partial charge in [0.05, 0.1) is 15.7 Å². The number of nitrogens with zero attached hydrogens (tertiary/aromatic N) is 1. The maximum absolute atomic E-state index is 10.0. The summed E-state index contributed by atoms with van der Waals surface area (Å²) in [5, 5.41) is 21.3. The van der Waals surface area contributed by atoms with Gasteiger partial charge in [0, 0.05) is 17.8 Å². The van der Waals surface area contributed by atoms with Crippen molar-refractivity contribution < 1.29 is 5.11 Å². The predicted molar refractivity (Wildman–Crippen MR) is 79.3 cm³/mol. The van der Waals surface area contributed by atoms with Crippen molar-refractivity contribution in [1.82, 2.24) is 15.5 Å². The lowest BCUT2D eigenvalue weighted by atomic mass is 9.96. The summed E-state index contributed by atoms with van der Waals surface area (Å²) in [5.74, 6) is 0.662. The van der Waals surface area contributed by atoms with Gasteiger partial charge >= 0.3 is 0 Å². The highest BCUT2D eigenvalue weighted by atomic mass is 35.5. The number of H-pyrrole nitrogens is 1. The van der Waals surface area contributed by atoms with Crippen molar-refractivity contribution in [2.75, 3.05) is 6.54 Å². The molecule has 20 heavy (non-hydrogen) atoms. The Morgan fingerprint density at radius 1 is 1.30 bits per heavy atom. The fourth-order valence-corrected chi connectivity index (χ4v) is 3.23. The molecule has 1 saturated heterocycles. The van der Waals surface area contributed by atoms with E-state index < -0.39 is 0 Å². The third-order valence-electron chi connectivity index (χ3n) is 3.74. The average Bonchev–Trinajstić information content (AvgIpc) is 3.07. The van der Waals surface area contributed by atoms with Gasteiger partial charge in [-0.25, -0.2) is 0 Å². The van der Waals surface area contributed by atoms with E-state index in [-0.39, 0.29) is 11.8 Å². The summed E-state index contributed by atoms with van der Waals surface area (Å²) >= 11 is 12.3. The smallest absolute Gasteiger partial charge is 0.121 e. The summed E-state index contributed by atoms with van der Waals surface area (Å²) in [6.45, 7) is 0.875. The second-order valence-corrected chi connectivity index (χ2v) is 5.91. The summed E-state index contributed by atoms with van der Waals surface area (Å²) in [7, 11) is 0. The van der Waals surface area contributed by atoms with Crippen molar-refractivity contribution in [1.29, 1.82) is 0 Å². The van der Waals surface area contributed by atoms with Crippen molar-refractivity contribution in [3.63, 3.8) is 0 Å². The van der Waals surface area contributed by atoms with Crippen molar-refractivity contribution in [3.8, 4) is 5.75 Å². The van der Waals surface area contributed by atoms with Crippen LogP contribution in [0.4, 0.5) is 0 Å². The molecular weight excluding hydrogens is 297 g/mol. The highest BCUT2D eigenvalue weighted by molar-refractivity contribution is 6.42. The first-order valence-electron chi connectivity index (χ1n) is 6.54. The second kappa shape index (κ2) is 5.64. The van der Waals surface area contributed by atoms with Crippen LogP contribution < -0.4 is 5.32 Å². The minimum absolute atomic E-state index is 0.0325. The first-order chi connectivity index (χ1) is 9.65. The molecule has 2 aromatic rings. The molecule has 1 aromatic carbocycles. The molecule has 1 aliphatic rings. The molecule has 0 unspecified atom stereocenters. The van der Waals surface area contributed by atoms with Gasteiger partial charge in [0.1, 0.15) is 5.75 Å². The lowest BCUT2D eigenvalue weighted by molar-refractivity contribution is 0.455. The molecule has 2 heterocycles. The number of phenols is 1. The Balaban J connectivity index is 1.76. The molecule has 2 atom stereocenters. The summed E-state index contributed by atoms with van der Waals surface area (Å²) in [6.07, 6.45) is 3.64. The van der Waals surface area contributed by atoms with Crippen LogP contribution in [0.25, 0.3) is 0 Å². The van der Waals surface area contributed by atoms with Crippen molar-refractivity contribution >= 4 is 23.2 Å². The molecule has 6 heteroatoms. The molecule has 3 rings (SSSR count). The first kappa shape index (κ1) is 13.7. The summed E-state index contributed by atoms with van der Waals surface area (Å²) in [6, 6.07) is 5.22. The van der Waals surface area contributed by atoms with Crippen LogP contribution in [0.1, 0.15) is 23.7 Å². The van der Waals surface area contributed by atoms with E-state index in [2.05, 4.69) is 15.5 Å². The molecule has 0 bridgehead atoms. The van der Waals surface area contributed by atoms with Crippen LogP contribution in [0.15, 0.2) is 24.4 Å². The highest BCUT2D eigenvalue weighted by Crippen LogP contribution is 2.41. The zero-order chi connectivity index (χ0) is 14.1. The quantitative estimate of drug-likeness (QED) is 0.815. The minimum Gasteiger partial charge on any atom is -0.508 e. The van der Waals surface area contributed by atoms with Crippen LogP contribution in [-0.2, 0) is 6.42 Å². The molecule has 1 aromatic heterocycles. The number of hydrogen-bond acceptors (Lipinski definition) is 3. The first-order valence-corrected chi connectivity index (χ1v) is 7.29. The molecular formula is C14H15Cl2N3O. The molecule has 4 nitrogen and oxygen atoms in total. The Bertz CT molecular complexity index is 601. The monoisotopic (exact) mass is 311 g/mol. The van der Waals surface area contributed by atoms with Gasteiger partial charge in [-0.05, 0) is 43.5 Å². The number of aromatic nitrogens is 2. The molecule has 0 amide bonds. The van der Waals surface area contributed by atoms with Crippen LogP contribution >= 0.6 is 23.2 Å². The standard InChI is InChI=1S/C14H15Cl2N3O/c15-10-1-2-12(20)13(14(10)16)11-6-8(7-17-11)5-9-3-4-18-19-9/h1-4,8,11,17,20H,5-7H2,(H,18,19)/t8-,11-/m1/s1. The van der Waals surface area contributed by atoms with Crippen molar-refractivity contribution in [3.05, 3.63) is 45.7 Å². The highest BCUT2D eigenvalue weighted by Gasteiger charge is 2.29. The summed E-state index contributed by atoms with van der Waals surface area (Å²) in [5.41, 5.74) is 1.75. The van der Waals surface area contributed by atoms with Gasteiger partial charge in [-0.15, -0.1) is 0 Å². The van der Waals surface area contributed by atoms with Crippen LogP contribution in [0.2, 0.25) is 10.0 Å². The normalized spacial score (nSPS) is 22.3. The number of phenolic OH excluding ortho intramolecular Hbond substituents is 1. The van der Waals surface area contributed by atoms with E-state index in [1.54, 1.807) is 12.1 Å². The van der Waals surface area contributed by atoms with E-state index in [1.807, 2.05) is 12.3 Å². The Kier molecular flexibility index (Phi) is 3.87. The third-order valence-corrected chi connectivity index (χ3v) is 4.56. The number of rotatable bonds is 3. The SMILES string of the molecule is Oc1ccc(Cl)c(Cl)c1[C@H]1C[C@@H](Cc2cc[nH]n2)CN1. The fraction of sp³-hybridized carbons (Fsp3) is 0.357. The van der Waals surface area contributed by atoms with Gasteiger partial charge < -0.3 is 10.4 Å². The van der Waals surface area contributed by atoms with Gasteiger partial charge in [0.2, 0.25) is 0 Å². The largest absolute Gasteiger partial charge is 0.508 e. The van der Waals surface area contributed by atoms with Crippen LogP contribution in [0.5, 0.6) is 5.75 Å². The van der Waals surface area contributed by atoms with Gasteiger partial charge in [0.15, 0.2) is 0 Å². The molecule has 0 spiro atoms. The number of benzene rings is 1. The summed E-state index contributed by atoms with van der Waals surface area (Å²) < 4.78 is 0. The number of aromatic amines is 1. The lowest BCUT2D eigenvalue weighted by Gasteiger charge is -2.15. The lowest BCUT2D eigenvalue weighted by Crippen LogP contribution is -2.15. The molecule has 0 saturated carbocycles. The number of hydrogen-bond donors (Lipinski definition) is 3. The Labute approximate surface area is 127 Å². The van der Waals surface area contributed by atoms with Crippen LogP contribution in [-0.4, -0.2) is 21.8 Å². The van der Waals surface area contributed by atoms with E-state index in [0.29, 0.717) is 21.5 Å². The molecule has 0 radical (unpaired) electrons. The van der Waals surface area contributed by atoms with Crippen molar-refractivity contribution in [2.45, 2.75) is 18.9 Å². The third kappa shape index (κ3) is 2.64. The van der Waals surface area contributed by atoms with Gasteiger partial charge in [-0.2, -0.15) is 5.10 Å². The Morgan fingerprint density at radius 2 is 2.15 bits per heavy atom.